The van der Waals surface area contributed by atoms with Crippen molar-refractivity contribution in [3.63, 3.8) is 0 Å². The van der Waals surface area contributed by atoms with E-state index in [0.29, 0.717) is 18.8 Å². The molecule has 0 bridgehead atoms. The van der Waals surface area contributed by atoms with Gasteiger partial charge in [-0.25, -0.2) is 8.78 Å². The van der Waals surface area contributed by atoms with E-state index in [4.69, 9.17) is 4.74 Å². The Balaban J connectivity index is 1.45. The zero-order chi connectivity index (χ0) is 24.8. The summed E-state index contributed by atoms with van der Waals surface area (Å²) in [4.78, 5) is 19.9. The van der Waals surface area contributed by atoms with E-state index in [1.54, 1.807) is 23.1 Å². The van der Waals surface area contributed by atoms with Crippen LogP contribution in [0.5, 0.6) is 0 Å². The van der Waals surface area contributed by atoms with Gasteiger partial charge in [0.15, 0.2) is 0 Å². The van der Waals surface area contributed by atoms with Crippen LogP contribution in [0.4, 0.5) is 14.5 Å². The molecule has 2 aromatic carbocycles. The Labute approximate surface area is 207 Å². The molecule has 0 saturated carbocycles. The van der Waals surface area contributed by atoms with Crippen LogP contribution in [0.1, 0.15) is 50.2 Å². The summed E-state index contributed by atoms with van der Waals surface area (Å²) in [7, 11) is 0. The molecule has 4 rings (SSSR count). The molecule has 1 fully saturated rings. The van der Waals surface area contributed by atoms with Gasteiger partial charge in [-0.2, -0.15) is 0 Å². The number of hydrogen-bond acceptors (Lipinski definition) is 4. The average molecular weight is 486 g/mol. The van der Waals surface area contributed by atoms with E-state index < -0.39 is 0 Å². The van der Waals surface area contributed by atoms with E-state index in [2.05, 4.69) is 23.6 Å². The maximum atomic E-state index is 14.3. The summed E-state index contributed by atoms with van der Waals surface area (Å²) in [5.41, 5.74) is 2.55. The van der Waals surface area contributed by atoms with Crippen LogP contribution in [-0.4, -0.2) is 74.2 Å². The molecule has 2 aromatic rings. The lowest BCUT2D eigenvalue weighted by Crippen LogP contribution is -2.55. The number of fused-ring (bicyclic) bond motifs is 1. The Kier molecular flexibility index (Phi) is 8.87. The maximum absolute atomic E-state index is 14.3. The third-order valence-corrected chi connectivity index (χ3v) is 7.19. The predicted octanol–water partition coefficient (Wildman–Crippen LogP) is 4.66. The lowest BCUT2D eigenvalue weighted by atomic mass is 9.87. The molecule has 1 amide bonds. The molecule has 190 valence electrons. The number of nitrogens with zero attached hydrogens (tertiary/aromatic N) is 3. The topological polar surface area (TPSA) is 36.0 Å². The first-order valence-electron chi connectivity index (χ1n) is 12.9. The van der Waals surface area contributed by atoms with Crippen LogP contribution in [0, 0.1) is 11.6 Å². The molecular formula is C28H37F2N3O2. The van der Waals surface area contributed by atoms with Gasteiger partial charge in [-0.15, -0.1) is 0 Å². The molecule has 2 unspecified atom stereocenters. The van der Waals surface area contributed by atoms with Gasteiger partial charge in [-0.1, -0.05) is 25.1 Å². The first-order valence-corrected chi connectivity index (χ1v) is 12.9. The Morgan fingerprint density at radius 3 is 2.54 bits per heavy atom. The highest BCUT2D eigenvalue weighted by Gasteiger charge is 2.31. The summed E-state index contributed by atoms with van der Waals surface area (Å²) in [6.45, 7) is 10.2. The van der Waals surface area contributed by atoms with Crippen molar-refractivity contribution >= 4 is 11.6 Å². The zero-order valence-electron chi connectivity index (χ0n) is 20.9. The number of carbonyl (C=O) groups excluding carboxylic acids is 1. The number of anilines is 1. The zero-order valence-corrected chi connectivity index (χ0v) is 20.9. The first-order chi connectivity index (χ1) is 17.0. The highest BCUT2D eigenvalue weighted by atomic mass is 19.1. The van der Waals surface area contributed by atoms with Crippen molar-refractivity contribution in [3.05, 3.63) is 65.2 Å². The monoisotopic (exact) mass is 485 g/mol. The molecule has 0 spiro atoms. The molecule has 2 aliphatic heterocycles. The number of amides is 1. The van der Waals surface area contributed by atoms with E-state index in [9.17, 15) is 13.6 Å². The lowest BCUT2D eigenvalue weighted by molar-refractivity contribution is -0.121. The molecule has 0 radical (unpaired) electrons. The molecule has 35 heavy (non-hydrogen) atoms. The summed E-state index contributed by atoms with van der Waals surface area (Å²) in [6.07, 6.45) is 2.65. The third-order valence-electron chi connectivity index (χ3n) is 7.19. The molecule has 5 nitrogen and oxygen atoms in total. The highest BCUT2D eigenvalue weighted by Crippen LogP contribution is 2.39. The van der Waals surface area contributed by atoms with Gasteiger partial charge in [0.05, 0.1) is 18.8 Å². The Hall–Kier alpha value is -2.35. The van der Waals surface area contributed by atoms with Gasteiger partial charge in [0.25, 0.3) is 0 Å². The molecule has 2 aliphatic rings. The Morgan fingerprint density at radius 1 is 1.03 bits per heavy atom. The second kappa shape index (κ2) is 12.1. The number of halogens is 2. The lowest BCUT2D eigenvalue weighted by Gasteiger charge is -2.40. The van der Waals surface area contributed by atoms with Gasteiger partial charge in [0, 0.05) is 51.3 Å². The summed E-state index contributed by atoms with van der Waals surface area (Å²) in [5, 5.41) is 0. The Morgan fingerprint density at radius 2 is 1.80 bits per heavy atom. The van der Waals surface area contributed by atoms with Crippen LogP contribution in [0.3, 0.4) is 0 Å². The van der Waals surface area contributed by atoms with Crippen molar-refractivity contribution < 1.29 is 18.3 Å². The first kappa shape index (κ1) is 25.7. The van der Waals surface area contributed by atoms with Crippen molar-refractivity contribution in [1.29, 1.82) is 0 Å². The van der Waals surface area contributed by atoms with E-state index in [-0.39, 0.29) is 29.5 Å². The van der Waals surface area contributed by atoms with Crippen LogP contribution < -0.4 is 4.90 Å². The molecular weight excluding hydrogens is 448 g/mol. The van der Waals surface area contributed by atoms with Crippen LogP contribution in [-0.2, 0) is 9.53 Å². The summed E-state index contributed by atoms with van der Waals surface area (Å²) in [5.74, 6) is -0.626. The fourth-order valence-electron chi connectivity index (χ4n) is 5.28. The smallest absolute Gasteiger partial charge is 0.241 e. The number of ether oxygens (including phenoxy) is 1. The number of rotatable bonds is 8. The fraction of sp³-hybridized carbons (Fsp3) is 0.536. The van der Waals surface area contributed by atoms with E-state index in [1.807, 2.05) is 0 Å². The molecule has 0 aromatic heterocycles. The van der Waals surface area contributed by atoms with Crippen LogP contribution in [0.15, 0.2) is 42.5 Å². The summed E-state index contributed by atoms with van der Waals surface area (Å²) < 4.78 is 33.5. The van der Waals surface area contributed by atoms with Gasteiger partial charge >= 0.3 is 0 Å². The fourth-order valence-corrected chi connectivity index (χ4v) is 5.28. The van der Waals surface area contributed by atoms with Crippen LogP contribution in [0.25, 0.3) is 0 Å². The minimum atomic E-state index is -0.353. The minimum Gasteiger partial charge on any atom is -0.380 e. The van der Waals surface area contributed by atoms with Crippen LogP contribution in [0.2, 0.25) is 0 Å². The summed E-state index contributed by atoms with van der Waals surface area (Å²) >= 11 is 0. The van der Waals surface area contributed by atoms with Gasteiger partial charge < -0.3 is 9.64 Å². The standard InChI is InChI=1S/C28H37F2N3O2/c1-3-16-35-17-15-31-13-14-32(21(2)19-31)20-28(34)33-12-4-5-25(22-6-8-23(29)9-7-22)26-11-10-24(30)18-27(26)33/h6-11,18,21,25H,3-5,12-17,19-20H2,1-2H3. The third kappa shape index (κ3) is 6.46. The summed E-state index contributed by atoms with van der Waals surface area (Å²) in [6, 6.07) is 11.5. The SMILES string of the molecule is CCCOCCN1CCN(CC(=O)N2CCCC(c3ccc(F)cc3)c3ccc(F)cc32)C(C)C1. The second-order valence-corrected chi connectivity index (χ2v) is 9.73. The van der Waals surface area contributed by atoms with Gasteiger partial charge in [-0.05, 0) is 61.6 Å². The quantitative estimate of drug-likeness (QED) is 0.510. The van der Waals surface area contributed by atoms with Gasteiger partial charge in [-0.3, -0.25) is 14.6 Å². The largest absolute Gasteiger partial charge is 0.380 e. The van der Waals surface area contributed by atoms with E-state index in [0.717, 1.165) is 69.8 Å². The van der Waals surface area contributed by atoms with Crippen molar-refractivity contribution in [2.24, 2.45) is 0 Å². The van der Waals surface area contributed by atoms with Crippen LogP contribution >= 0.6 is 0 Å². The number of carbonyl (C=O) groups is 1. The van der Waals surface area contributed by atoms with Crippen molar-refractivity contribution in [2.75, 3.05) is 57.4 Å². The van der Waals surface area contributed by atoms with Crippen molar-refractivity contribution in [3.8, 4) is 0 Å². The number of benzene rings is 2. The van der Waals surface area contributed by atoms with Crippen molar-refractivity contribution in [2.45, 2.75) is 45.1 Å². The van der Waals surface area contributed by atoms with E-state index >= 15 is 0 Å². The Bertz CT molecular complexity index is 985. The van der Waals surface area contributed by atoms with Crippen molar-refractivity contribution in [1.82, 2.24) is 9.80 Å². The molecule has 0 N–H and O–H groups in total. The van der Waals surface area contributed by atoms with Gasteiger partial charge in [0.1, 0.15) is 11.6 Å². The second-order valence-electron chi connectivity index (χ2n) is 9.73. The van der Waals surface area contributed by atoms with E-state index in [1.165, 1.54) is 24.3 Å². The molecule has 2 atom stereocenters. The molecule has 2 heterocycles. The number of piperazine rings is 1. The minimum absolute atomic E-state index is 0.00129. The average Bonchev–Trinajstić information content (AvgIpc) is 3.03. The molecule has 7 heteroatoms. The number of hydrogen-bond donors (Lipinski definition) is 0. The van der Waals surface area contributed by atoms with Gasteiger partial charge in [0.2, 0.25) is 5.91 Å². The maximum Gasteiger partial charge on any atom is 0.241 e. The normalized spacial score (nSPS) is 21.5. The molecule has 0 aliphatic carbocycles. The molecule has 1 saturated heterocycles. The highest BCUT2D eigenvalue weighted by molar-refractivity contribution is 5.96. The predicted molar refractivity (Wildman–Crippen MR) is 135 cm³/mol.